The van der Waals surface area contributed by atoms with Crippen LogP contribution in [0.4, 0.5) is 10.8 Å². The molecular weight excluding hydrogens is 456 g/mol. The van der Waals surface area contributed by atoms with Gasteiger partial charge in [-0.2, -0.15) is 0 Å². The first-order chi connectivity index (χ1) is 16.3. The van der Waals surface area contributed by atoms with E-state index in [2.05, 4.69) is 20.8 Å². The highest BCUT2D eigenvalue weighted by molar-refractivity contribution is 7.15. The van der Waals surface area contributed by atoms with E-state index in [-0.39, 0.29) is 18.7 Å². The van der Waals surface area contributed by atoms with Crippen molar-refractivity contribution in [2.45, 2.75) is 40.0 Å². The summed E-state index contributed by atoms with van der Waals surface area (Å²) in [6.45, 7) is 5.44. The van der Waals surface area contributed by atoms with E-state index in [1.165, 1.54) is 16.9 Å². The quantitative estimate of drug-likeness (QED) is 0.407. The average molecular weight is 483 g/mol. The van der Waals surface area contributed by atoms with E-state index < -0.39 is 18.5 Å². The van der Waals surface area contributed by atoms with Crippen LogP contribution in [-0.4, -0.2) is 34.6 Å². The number of rotatable bonds is 10. The normalized spacial score (nSPS) is 10.4. The van der Waals surface area contributed by atoms with Gasteiger partial charge < -0.3 is 20.1 Å². The van der Waals surface area contributed by atoms with Crippen LogP contribution in [0.5, 0.6) is 11.5 Å². The van der Waals surface area contributed by atoms with Crippen molar-refractivity contribution in [3.8, 4) is 11.5 Å². The lowest BCUT2D eigenvalue weighted by molar-refractivity contribution is -0.147. The van der Waals surface area contributed by atoms with E-state index in [0.29, 0.717) is 23.0 Å². The molecule has 0 atom stereocenters. The first-order valence-corrected chi connectivity index (χ1v) is 11.5. The number of hydrogen-bond acceptors (Lipinski definition) is 8. The zero-order chi connectivity index (χ0) is 24.5. The summed E-state index contributed by atoms with van der Waals surface area (Å²) in [5.41, 5.74) is 2.88. The molecule has 0 aliphatic rings. The smallest absolute Gasteiger partial charge is 0.306 e. The van der Waals surface area contributed by atoms with Crippen molar-refractivity contribution in [1.82, 2.24) is 10.2 Å². The predicted octanol–water partition coefficient (Wildman–Crippen LogP) is 4.55. The van der Waals surface area contributed by atoms with Crippen LogP contribution in [-0.2, 0) is 19.1 Å². The van der Waals surface area contributed by atoms with E-state index in [9.17, 15) is 14.4 Å². The highest BCUT2D eigenvalue weighted by Gasteiger charge is 2.11. The van der Waals surface area contributed by atoms with Crippen molar-refractivity contribution in [3.05, 3.63) is 58.6 Å². The minimum atomic E-state index is -0.549. The summed E-state index contributed by atoms with van der Waals surface area (Å²) in [5.74, 6) is 0.108. The first-order valence-electron chi connectivity index (χ1n) is 10.7. The van der Waals surface area contributed by atoms with Crippen LogP contribution in [0.15, 0.2) is 42.5 Å². The Morgan fingerprint density at radius 1 is 0.853 bits per heavy atom. The minimum Gasteiger partial charge on any atom is -0.457 e. The number of esters is 1. The second-order valence-electron chi connectivity index (χ2n) is 7.61. The van der Waals surface area contributed by atoms with E-state index >= 15 is 0 Å². The zero-order valence-electron chi connectivity index (χ0n) is 19.2. The van der Waals surface area contributed by atoms with Gasteiger partial charge in [-0.15, -0.1) is 10.2 Å². The first kappa shape index (κ1) is 24.8. The van der Waals surface area contributed by atoms with Crippen LogP contribution in [0.25, 0.3) is 0 Å². The van der Waals surface area contributed by atoms with Crippen LogP contribution in [0.3, 0.4) is 0 Å². The molecule has 2 amide bonds. The molecule has 1 aromatic heterocycles. The molecule has 0 unspecified atom stereocenters. The molecule has 34 heavy (non-hydrogen) atoms. The topological polar surface area (TPSA) is 120 Å². The third-order valence-electron chi connectivity index (χ3n) is 4.77. The van der Waals surface area contributed by atoms with Crippen molar-refractivity contribution < 1.29 is 23.9 Å². The lowest BCUT2D eigenvalue weighted by Gasteiger charge is -2.10. The second-order valence-corrected chi connectivity index (χ2v) is 8.79. The Kier molecular flexibility index (Phi) is 8.69. The van der Waals surface area contributed by atoms with Crippen molar-refractivity contribution in [1.29, 1.82) is 0 Å². The maximum Gasteiger partial charge on any atom is 0.306 e. The Morgan fingerprint density at radius 3 is 2.26 bits per heavy atom. The number of anilines is 2. The van der Waals surface area contributed by atoms with Gasteiger partial charge in [0.25, 0.3) is 5.91 Å². The number of ether oxygens (including phenoxy) is 2. The summed E-state index contributed by atoms with van der Waals surface area (Å²) < 4.78 is 10.8. The fourth-order valence-corrected chi connectivity index (χ4v) is 3.47. The average Bonchev–Trinajstić information content (AvgIpc) is 3.20. The minimum absolute atomic E-state index is 0.0281. The Bertz CT molecular complexity index is 1160. The summed E-state index contributed by atoms with van der Waals surface area (Å²) in [4.78, 5) is 35.7. The molecule has 10 heteroatoms. The highest BCUT2D eigenvalue weighted by atomic mass is 32.1. The number of aromatic nitrogens is 2. The SMILES string of the molecule is Cc1nnc(NC(=O)CCCC(=O)OCC(=O)Nc2ccc(Oc3ccc(C)c(C)c3)cc2)s1. The molecule has 2 N–H and O–H groups in total. The number of nitrogens with one attached hydrogen (secondary N) is 2. The molecule has 2 aromatic carbocycles. The zero-order valence-corrected chi connectivity index (χ0v) is 20.0. The van der Waals surface area contributed by atoms with Gasteiger partial charge in [0.15, 0.2) is 6.61 Å². The molecule has 0 radical (unpaired) electrons. The molecule has 0 aliphatic heterocycles. The third-order valence-corrected chi connectivity index (χ3v) is 5.53. The Labute approximate surface area is 201 Å². The standard InChI is InChI=1S/C24H26N4O5S/c1-15-7-10-20(13-16(15)2)33-19-11-8-18(9-12-19)25-22(30)14-32-23(31)6-4-5-21(29)26-24-28-27-17(3)34-24/h7-13H,4-6,14H2,1-3H3,(H,25,30)(H,26,28,29). The molecule has 1 heterocycles. The fraction of sp³-hybridized carbons (Fsp3) is 0.292. The predicted molar refractivity (Wildman–Crippen MR) is 129 cm³/mol. The van der Waals surface area contributed by atoms with Gasteiger partial charge in [-0.3, -0.25) is 14.4 Å². The van der Waals surface area contributed by atoms with Gasteiger partial charge >= 0.3 is 5.97 Å². The molecule has 0 spiro atoms. The van der Waals surface area contributed by atoms with E-state index in [0.717, 1.165) is 16.3 Å². The maximum absolute atomic E-state index is 12.1. The Balaban J connectivity index is 1.34. The van der Waals surface area contributed by atoms with Gasteiger partial charge in [-0.05, 0) is 74.7 Å². The summed E-state index contributed by atoms with van der Waals surface area (Å²) in [6.07, 6.45) is 0.461. The summed E-state index contributed by atoms with van der Waals surface area (Å²) in [5, 5.41) is 14.1. The number of aryl methyl sites for hydroxylation is 3. The van der Waals surface area contributed by atoms with Gasteiger partial charge in [-0.1, -0.05) is 17.4 Å². The Hall–Kier alpha value is -3.79. The second kappa shape index (κ2) is 11.9. The summed E-state index contributed by atoms with van der Waals surface area (Å²) >= 11 is 1.27. The van der Waals surface area contributed by atoms with Gasteiger partial charge in [0.1, 0.15) is 16.5 Å². The molecule has 0 bridgehead atoms. The fourth-order valence-electron chi connectivity index (χ4n) is 2.86. The summed E-state index contributed by atoms with van der Waals surface area (Å²) in [6, 6.07) is 12.7. The molecule has 3 rings (SSSR count). The van der Waals surface area contributed by atoms with Gasteiger partial charge in [0, 0.05) is 18.5 Å². The van der Waals surface area contributed by atoms with Crippen molar-refractivity contribution in [2.75, 3.05) is 17.2 Å². The van der Waals surface area contributed by atoms with Crippen LogP contribution < -0.4 is 15.4 Å². The highest BCUT2D eigenvalue weighted by Crippen LogP contribution is 2.25. The number of nitrogens with zero attached hydrogens (tertiary/aromatic N) is 2. The van der Waals surface area contributed by atoms with Crippen molar-refractivity contribution in [2.24, 2.45) is 0 Å². The molecule has 9 nitrogen and oxygen atoms in total. The van der Waals surface area contributed by atoms with Crippen LogP contribution >= 0.6 is 11.3 Å². The number of carbonyl (C=O) groups is 3. The molecule has 0 saturated heterocycles. The number of hydrogen-bond donors (Lipinski definition) is 2. The number of amides is 2. The molecule has 0 saturated carbocycles. The molecular formula is C24H26N4O5S. The number of benzene rings is 2. The van der Waals surface area contributed by atoms with E-state index in [1.807, 2.05) is 32.0 Å². The monoisotopic (exact) mass is 482 g/mol. The molecule has 178 valence electrons. The lowest BCUT2D eigenvalue weighted by atomic mass is 10.1. The molecule has 0 fully saturated rings. The lowest BCUT2D eigenvalue weighted by Crippen LogP contribution is -2.21. The molecule has 3 aromatic rings. The maximum atomic E-state index is 12.1. The molecule has 0 aliphatic carbocycles. The van der Waals surface area contributed by atoms with Crippen molar-refractivity contribution in [3.63, 3.8) is 0 Å². The van der Waals surface area contributed by atoms with E-state index in [4.69, 9.17) is 9.47 Å². The Morgan fingerprint density at radius 2 is 1.59 bits per heavy atom. The number of carbonyl (C=O) groups excluding carboxylic acids is 3. The van der Waals surface area contributed by atoms with E-state index in [1.54, 1.807) is 31.2 Å². The van der Waals surface area contributed by atoms with Gasteiger partial charge in [0.05, 0.1) is 0 Å². The summed E-state index contributed by atoms with van der Waals surface area (Å²) in [7, 11) is 0. The van der Waals surface area contributed by atoms with Crippen molar-refractivity contribution >= 4 is 39.9 Å². The largest absolute Gasteiger partial charge is 0.457 e. The van der Waals surface area contributed by atoms with Gasteiger partial charge in [-0.25, -0.2) is 0 Å². The van der Waals surface area contributed by atoms with Gasteiger partial charge in [0.2, 0.25) is 11.0 Å². The third kappa shape index (κ3) is 7.96. The van der Waals surface area contributed by atoms with Crippen LogP contribution in [0.2, 0.25) is 0 Å². The van der Waals surface area contributed by atoms with Crippen LogP contribution in [0.1, 0.15) is 35.4 Å². The van der Waals surface area contributed by atoms with Crippen LogP contribution in [0, 0.1) is 20.8 Å².